The minimum atomic E-state index is -3.85. The van der Waals surface area contributed by atoms with Crippen LogP contribution in [0.2, 0.25) is 0 Å². The van der Waals surface area contributed by atoms with Gasteiger partial charge in [0.2, 0.25) is 10.0 Å². The number of methoxy groups -OCH3 is 1. The Labute approximate surface area is 135 Å². The summed E-state index contributed by atoms with van der Waals surface area (Å²) in [7, 11) is -2.51. The summed E-state index contributed by atoms with van der Waals surface area (Å²) in [6.45, 7) is 3.18. The zero-order valence-electron chi connectivity index (χ0n) is 12.2. The fourth-order valence-corrected chi connectivity index (χ4v) is 4.09. The molecule has 2 rings (SSSR count). The highest BCUT2D eigenvalue weighted by Crippen LogP contribution is 2.31. The number of nitro groups is 1. The molecule has 8 nitrogen and oxygen atoms in total. The van der Waals surface area contributed by atoms with Crippen LogP contribution >= 0.6 is 12.4 Å². The summed E-state index contributed by atoms with van der Waals surface area (Å²) in [6.07, 6.45) is 0. The van der Waals surface area contributed by atoms with Gasteiger partial charge >= 0.3 is 0 Å². The summed E-state index contributed by atoms with van der Waals surface area (Å²) < 4.78 is 31.9. The molecule has 1 N–H and O–H groups in total. The molecule has 0 saturated carbocycles. The lowest BCUT2D eigenvalue weighted by molar-refractivity contribution is -0.385. The van der Waals surface area contributed by atoms with Crippen molar-refractivity contribution in [1.82, 2.24) is 9.62 Å². The SMILES string of the molecule is COc1ccc([N+](=O)[O-])cc1S(=O)(=O)N1CCNC[C@H]1C.Cl. The van der Waals surface area contributed by atoms with Crippen molar-refractivity contribution in [2.24, 2.45) is 0 Å². The third kappa shape index (κ3) is 3.49. The van der Waals surface area contributed by atoms with E-state index in [1.54, 1.807) is 6.92 Å². The smallest absolute Gasteiger partial charge is 0.271 e. The summed E-state index contributed by atoms with van der Waals surface area (Å²) >= 11 is 0. The predicted molar refractivity (Wildman–Crippen MR) is 83.1 cm³/mol. The maximum absolute atomic E-state index is 12.7. The quantitative estimate of drug-likeness (QED) is 0.641. The number of nitrogens with zero attached hydrogens (tertiary/aromatic N) is 2. The first-order chi connectivity index (χ1) is 9.87. The van der Waals surface area contributed by atoms with Gasteiger partial charge in [0.1, 0.15) is 10.6 Å². The Bertz CT molecular complexity index is 652. The van der Waals surface area contributed by atoms with Gasteiger partial charge in [-0.3, -0.25) is 10.1 Å². The molecule has 124 valence electrons. The summed E-state index contributed by atoms with van der Waals surface area (Å²) in [5, 5.41) is 14.0. The second-order valence-corrected chi connectivity index (χ2v) is 6.62. The number of sulfonamides is 1. The van der Waals surface area contributed by atoms with Crippen LogP contribution in [-0.2, 0) is 10.0 Å². The van der Waals surface area contributed by atoms with Crippen LogP contribution in [0, 0.1) is 10.1 Å². The molecule has 10 heteroatoms. The van der Waals surface area contributed by atoms with Crippen molar-refractivity contribution in [1.29, 1.82) is 0 Å². The number of rotatable bonds is 4. The summed E-state index contributed by atoms with van der Waals surface area (Å²) in [4.78, 5) is 10.1. The van der Waals surface area contributed by atoms with Crippen LogP contribution in [-0.4, -0.2) is 50.4 Å². The van der Waals surface area contributed by atoms with Crippen molar-refractivity contribution in [2.45, 2.75) is 17.9 Å². The van der Waals surface area contributed by atoms with Gasteiger partial charge in [-0.1, -0.05) is 0 Å². The number of ether oxygens (including phenoxy) is 1. The topological polar surface area (TPSA) is 102 Å². The van der Waals surface area contributed by atoms with E-state index in [1.165, 1.54) is 23.5 Å². The van der Waals surface area contributed by atoms with Gasteiger partial charge in [0, 0.05) is 37.8 Å². The molecule has 0 unspecified atom stereocenters. The zero-order valence-corrected chi connectivity index (χ0v) is 13.8. The molecule has 1 aliphatic heterocycles. The van der Waals surface area contributed by atoms with Crippen LogP contribution in [0.15, 0.2) is 23.1 Å². The highest BCUT2D eigenvalue weighted by molar-refractivity contribution is 7.89. The molecule has 1 aliphatic rings. The van der Waals surface area contributed by atoms with Crippen LogP contribution in [0.1, 0.15) is 6.92 Å². The van der Waals surface area contributed by atoms with Crippen LogP contribution in [0.5, 0.6) is 5.75 Å². The zero-order chi connectivity index (χ0) is 15.6. The number of hydrogen-bond acceptors (Lipinski definition) is 6. The Morgan fingerprint density at radius 3 is 2.68 bits per heavy atom. The van der Waals surface area contributed by atoms with Crippen LogP contribution in [0.25, 0.3) is 0 Å². The maximum atomic E-state index is 12.7. The number of nitro benzene ring substituents is 1. The normalized spacial score (nSPS) is 19.3. The summed E-state index contributed by atoms with van der Waals surface area (Å²) in [6, 6.07) is 3.34. The minimum absolute atomic E-state index is 0. The predicted octanol–water partition coefficient (Wildman–Crippen LogP) is 1.01. The molecule has 1 atom stereocenters. The van der Waals surface area contributed by atoms with Crippen LogP contribution in [0.4, 0.5) is 5.69 Å². The average molecular weight is 352 g/mol. The minimum Gasteiger partial charge on any atom is -0.495 e. The fraction of sp³-hybridized carbons (Fsp3) is 0.500. The van der Waals surface area contributed by atoms with E-state index in [1.807, 2.05) is 0 Å². The first-order valence-electron chi connectivity index (χ1n) is 6.43. The molecule has 0 spiro atoms. The van der Waals surface area contributed by atoms with E-state index in [0.717, 1.165) is 6.07 Å². The van der Waals surface area contributed by atoms with E-state index in [-0.39, 0.29) is 34.8 Å². The van der Waals surface area contributed by atoms with E-state index < -0.39 is 14.9 Å². The lowest BCUT2D eigenvalue weighted by atomic mass is 10.3. The number of non-ortho nitro benzene ring substituents is 1. The highest BCUT2D eigenvalue weighted by Gasteiger charge is 2.34. The lowest BCUT2D eigenvalue weighted by Gasteiger charge is -2.33. The second kappa shape index (κ2) is 7.23. The van der Waals surface area contributed by atoms with Gasteiger partial charge in [0.05, 0.1) is 12.0 Å². The molecule has 1 aromatic rings. The molecule has 1 saturated heterocycles. The van der Waals surface area contributed by atoms with Gasteiger partial charge in [0.25, 0.3) is 5.69 Å². The van der Waals surface area contributed by atoms with Gasteiger partial charge < -0.3 is 10.1 Å². The molecule has 1 aromatic carbocycles. The third-order valence-corrected chi connectivity index (χ3v) is 5.42. The molecule has 22 heavy (non-hydrogen) atoms. The van der Waals surface area contributed by atoms with E-state index in [4.69, 9.17) is 4.74 Å². The largest absolute Gasteiger partial charge is 0.495 e. The first-order valence-corrected chi connectivity index (χ1v) is 7.87. The summed E-state index contributed by atoms with van der Waals surface area (Å²) in [5.74, 6) is 0.103. The lowest BCUT2D eigenvalue weighted by Crippen LogP contribution is -2.52. The van der Waals surface area contributed by atoms with Gasteiger partial charge in [-0.05, 0) is 13.0 Å². The standard InChI is InChI=1S/C12H17N3O5S.ClH/c1-9-8-13-5-6-14(9)21(18,19)12-7-10(15(16)17)3-4-11(12)20-2;/h3-4,7,9,13H,5-6,8H2,1-2H3;1H/t9-;/m1./s1. The molecular weight excluding hydrogens is 334 g/mol. The van der Waals surface area contributed by atoms with Crippen molar-refractivity contribution in [2.75, 3.05) is 26.7 Å². The molecule has 1 heterocycles. The second-order valence-electron chi connectivity index (χ2n) is 4.76. The van der Waals surface area contributed by atoms with Gasteiger partial charge in [-0.2, -0.15) is 4.31 Å². The molecule has 0 bridgehead atoms. The van der Waals surface area contributed by atoms with Gasteiger partial charge in [-0.15, -0.1) is 12.4 Å². The van der Waals surface area contributed by atoms with E-state index in [0.29, 0.717) is 19.6 Å². The highest BCUT2D eigenvalue weighted by atomic mass is 35.5. The molecule has 1 fully saturated rings. The molecule has 0 aliphatic carbocycles. The van der Waals surface area contributed by atoms with Crippen molar-refractivity contribution in [3.8, 4) is 5.75 Å². The Morgan fingerprint density at radius 2 is 2.14 bits per heavy atom. The van der Waals surface area contributed by atoms with Gasteiger partial charge in [-0.25, -0.2) is 8.42 Å². The number of benzene rings is 1. The molecular formula is C12H18ClN3O5S. The van der Waals surface area contributed by atoms with E-state index >= 15 is 0 Å². The number of hydrogen-bond donors (Lipinski definition) is 1. The first kappa shape index (κ1) is 18.6. The fourth-order valence-electron chi connectivity index (χ4n) is 2.29. The number of nitrogens with one attached hydrogen (secondary N) is 1. The Balaban J connectivity index is 0.00000242. The van der Waals surface area contributed by atoms with Crippen LogP contribution in [0.3, 0.4) is 0 Å². The maximum Gasteiger partial charge on any atom is 0.271 e. The van der Waals surface area contributed by atoms with Crippen molar-refractivity contribution >= 4 is 28.1 Å². The van der Waals surface area contributed by atoms with Crippen molar-refractivity contribution in [3.05, 3.63) is 28.3 Å². The number of piperazine rings is 1. The molecule has 0 aromatic heterocycles. The number of halogens is 1. The third-order valence-electron chi connectivity index (χ3n) is 3.38. The Kier molecular flexibility index (Phi) is 6.12. The van der Waals surface area contributed by atoms with Gasteiger partial charge in [0.15, 0.2) is 0 Å². The van der Waals surface area contributed by atoms with Crippen molar-refractivity contribution in [3.63, 3.8) is 0 Å². The Hall–Kier alpha value is -1.42. The van der Waals surface area contributed by atoms with E-state index in [2.05, 4.69) is 5.32 Å². The average Bonchev–Trinajstić information content (AvgIpc) is 2.46. The van der Waals surface area contributed by atoms with Crippen molar-refractivity contribution < 1.29 is 18.1 Å². The molecule has 0 radical (unpaired) electrons. The van der Waals surface area contributed by atoms with E-state index in [9.17, 15) is 18.5 Å². The molecule has 0 amide bonds. The monoisotopic (exact) mass is 351 g/mol. The van der Waals surface area contributed by atoms with Crippen LogP contribution < -0.4 is 10.1 Å². The Morgan fingerprint density at radius 1 is 1.45 bits per heavy atom. The summed E-state index contributed by atoms with van der Waals surface area (Å²) in [5.41, 5.74) is -0.280.